The number of carbonyl (C=O) groups is 1. The molecule has 0 atom stereocenters. The summed E-state index contributed by atoms with van der Waals surface area (Å²) in [6, 6.07) is 17.3. The number of aromatic nitrogens is 1. The van der Waals surface area contributed by atoms with Crippen molar-refractivity contribution in [3.63, 3.8) is 0 Å². The van der Waals surface area contributed by atoms with Crippen LogP contribution in [0.4, 0.5) is 0 Å². The standard InChI is InChI=1S/C28H22Cl2N2O3/c1-2-32-14-18(20-5-3-4-6-24(20)32)11-26-27(33)21-9-10-25-22(28(21)35-26)15-31(16-34-25)13-17-7-8-19(29)12-23(17)30/h3-12,14H,2,13,15-16H2,1H3/b26-11-. The number of allylic oxidation sites excluding steroid dienone is 1. The van der Waals surface area contributed by atoms with Gasteiger partial charge in [0.2, 0.25) is 5.78 Å². The number of ketones is 1. The molecule has 176 valence electrons. The van der Waals surface area contributed by atoms with Gasteiger partial charge in [-0.15, -0.1) is 0 Å². The molecule has 3 aromatic carbocycles. The Hall–Kier alpha value is -3.25. The number of ether oxygens (including phenoxy) is 2. The van der Waals surface area contributed by atoms with Crippen LogP contribution in [0.1, 0.15) is 34.0 Å². The van der Waals surface area contributed by atoms with E-state index in [9.17, 15) is 4.79 Å². The first-order valence-electron chi connectivity index (χ1n) is 11.5. The van der Waals surface area contributed by atoms with Crippen LogP contribution in [0.15, 0.2) is 66.6 Å². The van der Waals surface area contributed by atoms with Gasteiger partial charge in [-0.25, -0.2) is 0 Å². The van der Waals surface area contributed by atoms with E-state index in [1.165, 1.54) is 0 Å². The van der Waals surface area contributed by atoms with Crippen molar-refractivity contribution in [1.82, 2.24) is 9.47 Å². The maximum atomic E-state index is 13.3. The summed E-state index contributed by atoms with van der Waals surface area (Å²) in [5, 5.41) is 2.31. The minimum atomic E-state index is -0.117. The summed E-state index contributed by atoms with van der Waals surface area (Å²) in [6.07, 6.45) is 3.91. The Morgan fingerprint density at radius 1 is 1.09 bits per heavy atom. The molecule has 0 amide bonds. The first kappa shape index (κ1) is 22.2. The number of rotatable bonds is 4. The number of Topliss-reactive ketones (excluding diaryl/α,β-unsaturated/α-hetero) is 1. The van der Waals surface area contributed by atoms with Crippen molar-refractivity contribution in [3.8, 4) is 11.5 Å². The topological polar surface area (TPSA) is 43.7 Å². The van der Waals surface area contributed by atoms with E-state index in [2.05, 4.69) is 34.7 Å². The van der Waals surface area contributed by atoms with Crippen LogP contribution in [0.5, 0.6) is 11.5 Å². The van der Waals surface area contributed by atoms with Crippen LogP contribution in [0.3, 0.4) is 0 Å². The van der Waals surface area contributed by atoms with E-state index in [0.29, 0.717) is 46.9 Å². The predicted molar refractivity (Wildman–Crippen MR) is 138 cm³/mol. The monoisotopic (exact) mass is 504 g/mol. The van der Waals surface area contributed by atoms with E-state index in [1.54, 1.807) is 12.1 Å². The molecule has 4 aromatic rings. The lowest BCUT2D eigenvalue weighted by atomic mass is 10.0. The van der Waals surface area contributed by atoms with Gasteiger partial charge in [0.25, 0.3) is 0 Å². The predicted octanol–water partition coefficient (Wildman–Crippen LogP) is 6.94. The highest BCUT2D eigenvalue weighted by molar-refractivity contribution is 6.35. The minimum absolute atomic E-state index is 0.117. The molecule has 7 heteroatoms. The third kappa shape index (κ3) is 3.90. The highest BCUT2D eigenvalue weighted by atomic mass is 35.5. The quantitative estimate of drug-likeness (QED) is 0.282. The lowest BCUT2D eigenvalue weighted by molar-refractivity contribution is 0.0873. The summed E-state index contributed by atoms with van der Waals surface area (Å²) < 4.78 is 14.4. The van der Waals surface area contributed by atoms with E-state index >= 15 is 0 Å². The van der Waals surface area contributed by atoms with Gasteiger partial charge in [0.15, 0.2) is 5.76 Å². The van der Waals surface area contributed by atoms with Crippen molar-refractivity contribution in [3.05, 3.63) is 98.9 Å². The Kier molecular flexibility index (Phi) is 5.56. The molecule has 0 saturated carbocycles. The van der Waals surface area contributed by atoms with Crippen molar-refractivity contribution in [2.24, 2.45) is 0 Å². The van der Waals surface area contributed by atoms with Gasteiger partial charge in [-0.2, -0.15) is 0 Å². The number of carbonyl (C=O) groups excluding carboxylic acids is 1. The first-order chi connectivity index (χ1) is 17.0. The fraction of sp³-hybridized carbons (Fsp3) is 0.179. The highest BCUT2D eigenvalue weighted by Crippen LogP contribution is 2.42. The average molecular weight is 505 g/mol. The largest absolute Gasteiger partial charge is 0.478 e. The molecular formula is C28H22Cl2N2O3. The second-order valence-corrected chi connectivity index (χ2v) is 9.59. The van der Waals surface area contributed by atoms with Crippen molar-refractivity contribution < 1.29 is 14.3 Å². The number of nitrogens with zero attached hydrogens (tertiary/aromatic N) is 2. The Bertz CT molecular complexity index is 1520. The molecule has 6 rings (SSSR count). The molecule has 0 aliphatic carbocycles. The zero-order valence-electron chi connectivity index (χ0n) is 19.1. The van der Waals surface area contributed by atoms with E-state index in [1.807, 2.05) is 36.4 Å². The summed E-state index contributed by atoms with van der Waals surface area (Å²) >= 11 is 12.4. The lowest BCUT2D eigenvalue weighted by Gasteiger charge is -2.30. The van der Waals surface area contributed by atoms with Crippen LogP contribution < -0.4 is 9.47 Å². The summed E-state index contributed by atoms with van der Waals surface area (Å²) in [5.41, 5.74) is 4.48. The van der Waals surface area contributed by atoms with Gasteiger partial charge in [0.1, 0.15) is 18.2 Å². The second-order valence-electron chi connectivity index (χ2n) is 8.74. The molecule has 0 N–H and O–H groups in total. The van der Waals surface area contributed by atoms with Gasteiger partial charge in [0.05, 0.1) is 11.1 Å². The Labute approximate surface area is 213 Å². The average Bonchev–Trinajstić information content (AvgIpc) is 3.38. The first-order valence-corrected chi connectivity index (χ1v) is 12.2. The molecular weight excluding hydrogens is 483 g/mol. The van der Waals surface area contributed by atoms with E-state index < -0.39 is 0 Å². The molecule has 3 heterocycles. The van der Waals surface area contributed by atoms with Crippen LogP contribution >= 0.6 is 23.2 Å². The minimum Gasteiger partial charge on any atom is -0.478 e. The molecule has 2 aliphatic rings. The zero-order valence-corrected chi connectivity index (χ0v) is 20.6. The number of para-hydroxylation sites is 1. The van der Waals surface area contributed by atoms with Gasteiger partial charge < -0.3 is 14.0 Å². The molecule has 1 aromatic heterocycles. The van der Waals surface area contributed by atoms with Gasteiger partial charge in [0, 0.05) is 52.3 Å². The number of hydrogen-bond acceptors (Lipinski definition) is 4. The normalized spacial score (nSPS) is 16.3. The SMILES string of the molecule is CCn1cc(/C=C2\Oc3c(ccc4c3CN(Cc3ccc(Cl)cc3Cl)CO4)C2=O)c2ccccc21. The molecule has 5 nitrogen and oxygen atoms in total. The number of hydrogen-bond donors (Lipinski definition) is 0. The summed E-state index contributed by atoms with van der Waals surface area (Å²) in [6.45, 7) is 4.53. The second kappa shape index (κ2) is 8.76. The Morgan fingerprint density at radius 2 is 1.94 bits per heavy atom. The number of aryl methyl sites for hydroxylation is 1. The van der Waals surface area contributed by atoms with Crippen LogP contribution in [0, 0.1) is 0 Å². The maximum absolute atomic E-state index is 13.3. The van der Waals surface area contributed by atoms with Crippen LogP contribution in [-0.2, 0) is 19.6 Å². The Balaban J connectivity index is 1.32. The lowest BCUT2D eigenvalue weighted by Crippen LogP contribution is -2.31. The van der Waals surface area contributed by atoms with Crippen molar-refractivity contribution in [1.29, 1.82) is 0 Å². The Morgan fingerprint density at radius 3 is 2.77 bits per heavy atom. The highest BCUT2D eigenvalue weighted by Gasteiger charge is 2.34. The molecule has 35 heavy (non-hydrogen) atoms. The number of fused-ring (bicyclic) bond motifs is 4. The third-order valence-electron chi connectivity index (χ3n) is 6.54. The molecule has 0 fully saturated rings. The van der Waals surface area contributed by atoms with Gasteiger partial charge >= 0.3 is 0 Å². The smallest absolute Gasteiger partial charge is 0.231 e. The van der Waals surface area contributed by atoms with E-state index in [0.717, 1.165) is 39.9 Å². The summed E-state index contributed by atoms with van der Waals surface area (Å²) in [7, 11) is 0. The zero-order chi connectivity index (χ0) is 24.1. The van der Waals surface area contributed by atoms with Crippen LogP contribution in [0.25, 0.3) is 17.0 Å². The van der Waals surface area contributed by atoms with Gasteiger partial charge in [-0.1, -0.05) is 47.5 Å². The summed E-state index contributed by atoms with van der Waals surface area (Å²) in [5.74, 6) is 1.52. The molecule has 0 saturated heterocycles. The fourth-order valence-electron chi connectivity index (χ4n) is 4.79. The van der Waals surface area contributed by atoms with Gasteiger partial charge in [-0.05, 0) is 48.9 Å². The van der Waals surface area contributed by atoms with Crippen molar-refractivity contribution >= 4 is 46.0 Å². The van der Waals surface area contributed by atoms with Gasteiger partial charge in [-0.3, -0.25) is 9.69 Å². The third-order valence-corrected chi connectivity index (χ3v) is 7.13. The van der Waals surface area contributed by atoms with Crippen LogP contribution in [-0.4, -0.2) is 22.0 Å². The van der Waals surface area contributed by atoms with E-state index in [4.69, 9.17) is 32.7 Å². The molecule has 0 bridgehead atoms. The molecule has 0 spiro atoms. The van der Waals surface area contributed by atoms with E-state index in [-0.39, 0.29) is 5.78 Å². The molecule has 0 unspecified atom stereocenters. The molecule has 0 radical (unpaired) electrons. The fourth-order valence-corrected chi connectivity index (χ4v) is 5.26. The van der Waals surface area contributed by atoms with Crippen LogP contribution in [0.2, 0.25) is 10.0 Å². The summed E-state index contributed by atoms with van der Waals surface area (Å²) in [4.78, 5) is 15.4. The van der Waals surface area contributed by atoms with Crippen molar-refractivity contribution in [2.45, 2.75) is 26.6 Å². The van der Waals surface area contributed by atoms with Crippen molar-refractivity contribution in [2.75, 3.05) is 6.73 Å². The maximum Gasteiger partial charge on any atom is 0.231 e. The number of halogens is 2. The number of benzene rings is 3. The molecule has 2 aliphatic heterocycles.